The van der Waals surface area contributed by atoms with Crippen LogP contribution in [-0.4, -0.2) is 17.9 Å². The molecule has 82 valence electrons. The molecule has 0 saturated heterocycles. The van der Waals surface area contributed by atoms with Gasteiger partial charge in [-0.15, -0.1) is 0 Å². The van der Waals surface area contributed by atoms with Gasteiger partial charge >= 0.3 is 51.4 Å². The largest absolute Gasteiger partial charge is 1.00 e. The van der Waals surface area contributed by atoms with Crippen molar-refractivity contribution in [2.75, 3.05) is 5.73 Å². The van der Waals surface area contributed by atoms with Gasteiger partial charge in [0.1, 0.15) is 15.8 Å². The number of anilines is 1. The molecule has 0 radical (unpaired) electrons. The van der Waals surface area contributed by atoms with Crippen molar-refractivity contribution in [3.05, 3.63) is 27.3 Å². The quantitative estimate of drug-likeness (QED) is 0.215. The minimum absolute atomic E-state index is 0. The van der Waals surface area contributed by atoms with Crippen LogP contribution in [0.3, 0.4) is 0 Å². The van der Waals surface area contributed by atoms with Crippen LogP contribution in [-0.2, 0) is 10.1 Å². The van der Waals surface area contributed by atoms with Crippen molar-refractivity contribution < 1.29 is 69.3 Å². The number of hydrogen-bond donors (Lipinski definition) is 1. The maximum Gasteiger partial charge on any atom is 1.00 e. The maximum absolute atomic E-state index is 10.6. The number of rotatable bonds is 2. The first-order valence-corrected chi connectivity index (χ1v) is 5.21. The number of halogens is 1. The van der Waals surface area contributed by atoms with Gasteiger partial charge in [0.05, 0.1) is 14.8 Å². The van der Waals surface area contributed by atoms with Crippen LogP contribution in [0.25, 0.3) is 0 Å². The Balaban J connectivity index is 0.00000225. The fourth-order valence-corrected chi connectivity index (χ4v) is 1.92. The monoisotopic (exact) mass is 290 g/mol. The van der Waals surface area contributed by atoms with Gasteiger partial charge in [-0.05, 0) is 6.07 Å². The van der Waals surface area contributed by atoms with Gasteiger partial charge in [-0.2, -0.15) is 0 Å². The van der Waals surface area contributed by atoms with E-state index >= 15 is 0 Å². The van der Waals surface area contributed by atoms with Gasteiger partial charge < -0.3 is 10.3 Å². The Kier molecular flexibility index (Phi) is 5.82. The molecule has 0 aliphatic carbocycles. The molecule has 0 saturated carbocycles. The Bertz CT molecular complexity index is 532. The topological polar surface area (TPSA) is 126 Å². The third-order valence-corrected chi connectivity index (χ3v) is 2.85. The van der Waals surface area contributed by atoms with E-state index in [9.17, 15) is 23.1 Å². The van der Waals surface area contributed by atoms with Gasteiger partial charge in [0, 0.05) is 6.07 Å². The van der Waals surface area contributed by atoms with Gasteiger partial charge in [0.25, 0.3) is 5.69 Å². The molecular formula is C6H4ClKN2O5S. The number of nitrogen functional groups attached to an aromatic ring is 1. The molecule has 16 heavy (non-hydrogen) atoms. The van der Waals surface area contributed by atoms with E-state index < -0.39 is 30.6 Å². The van der Waals surface area contributed by atoms with Crippen molar-refractivity contribution in [3.63, 3.8) is 0 Å². The minimum atomic E-state index is -4.85. The molecule has 0 fully saturated rings. The zero-order chi connectivity index (χ0) is 11.8. The third-order valence-electron chi connectivity index (χ3n) is 1.55. The van der Waals surface area contributed by atoms with E-state index in [0.717, 1.165) is 6.07 Å². The molecule has 0 unspecified atom stereocenters. The van der Waals surface area contributed by atoms with E-state index in [1.807, 2.05) is 0 Å². The van der Waals surface area contributed by atoms with Crippen LogP contribution in [0.1, 0.15) is 0 Å². The van der Waals surface area contributed by atoms with Crippen LogP contribution in [0.15, 0.2) is 17.0 Å². The summed E-state index contributed by atoms with van der Waals surface area (Å²) in [6, 6.07) is 1.39. The maximum atomic E-state index is 10.6. The van der Waals surface area contributed by atoms with E-state index in [4.69, 9.17) is 17.3 Å². The van der Waals surface area contributed by atoms with Gasteiger partial charge in [-0.3, -0.25) is 10.1 Å². The second kappa shape index (κ2) is 5.73. The SMILES string of the molecule is Nc1cc(Cl)c(S(=O)(=O)[O-])cc1[N+](=O)[O-].[K+]. The molecule has 1 aromatic carbocycles. The zero-order valence-corrected chi connectivity index (χ0v) is 12.7. The van der Waals surface area contributed by atoms with Gasteiger partial charge in [0.15, 0.2) is 0 Å². The van der Waals surface area contributed by atoms with E-state index in [-0.39, 0.29) is 57.1 Å². The van der Waals surface area contributed by atoms with Gasteiger partial charge in [0.2, 0.25) is 0 Å². The van der Waals surface area contributed by atoms with Crippen molar-refractivity contribution in [2.45, 2.75) is 4.90 Å². The molecule has 0 amide bonds. The zero-order valence-electron chi connectivity index (χ0n) is 8.01. The molecular weight excluding hydrogens is 287 g/mol. The number of nitrogens with zero attached hydrogens (tertiary/aromatic N) is 1. The summed E-state index contributed by atoms with van der Waals surface area (Å²) in [6.07, 6.45) is 0. The molecule has 0 aliphatic heterocycles. The molecule has 0 bridgehead atoms. The van der Waals surface area contributed by atoms with E-state index in [0.29, 0.717) is 6.07 Å². The number of benzene rings is 1. The molecule has 0 aliphatic rings. The van der Waals surface area contributed by atoms with Crippen molar-refractivity contribution in [3.8, 4) is 0 Å². The predicted molar refractivity (Wildman–Crippen MR) is 50.5 cm³/mol. The van der Waals surface area contributed by atoms with Gasteiger partial charge in [-0.25, -0.2) is 8.42 Å². The van der Waals surface area contributed by atoms with Crippen LogP contribution in [0.4, 0.5) is 11.4 Å². The molecule has 1 rings (SSSR count). The molecule has 7 nitrogen and oxygen atoms in total. The molecule has 0 atom stereocenters. The summed E-state index contributed by atoms with van der Waals surface area (Å²) < 4.78 is 31.9. The molecule has 0 aromatic heterocycles. The van der Waals surface area contributed by atoms with E-state index in [1.165, 1.54) is 0 Å². The first-order valence-electron chi connectivity index (χ1n) is 3.43. The van der Waals surface area contributed by atoms with E-state index in [2.05, 4.69) is 0 Å². The standard InChI is InChI=1S/C6H5ClN2O5S.K/c7-3-1-4(8)5(9(10)11)2-6(3)15(12,13)14;/h1-2H,8H2,(H,12,13,14);/q;+1/p-1. The summed E-state index contributed by atoms with van der Waals surface area (Å²) in [5, 5.41) is 9.96. The van der Waals surface area contributed by atoms with Crippen LogP contribution >= 0.6 is 11.6 Å². The summed E-state index contributed by atoms with van der Waals surface area (Å²) in [6.45, 7) is 0. The van der Waals surface area contributed by atoms with Crippen LogP contribution in [0.2, 0.25) is 5.02 Å². The Labute approximate surface area is 138 Å². The Morgan fingerprint density at radius 1 is 1.38 bits per heavy atom. The van der Waals surface area contributed by atoms with Crippen molar-refractivity contribution in [1.82, 2.24) is 0 Å². The average Bonchev–Trinajstić information content (AvgIpc) is 2.00. The van der Waals surface area contributed by atoms with Crippen LogP contribution in [0, 0.1) is 10.1 Å². The summed E-state index contributed by atoms with van der Waals surface area (Å²) >= 11 is 5.41. The molecule has 0 heterocycles. The van der Waals surface area contributed by atoms with Crippen LogP contribution < -0.4 is 57.1 Å². The number of nitro benzene ring substituents is 1. The Morgan fingerprint density at radius 2 is 1.88 bits per heavy atom. The minimum Gasteiger partial charge on any atom is -0.744 e. The average molecular weight is 291 g/mol. The summed E-state index contributed by atoms with van der Waals surface area (Å²) in [7, 11) is -4.85. The first-order chi connectivity index (χ1) is 6.73. The summed E-state index contributed by atoms with van der Waals surface area (Å²) in [5.74, 6) is 0. The van der Waals surface area contributed by atoms with Gasteiger partial charge in [-0.1, -0.05) is 11.6 Å². The second-order valence-corrected chi connectivity index (χ2v) is 4.31. The van der Waals surface area contributed by atoms with Crippen LogP contribution in [0.5, 0.6) is 0 Å². The van der Waals surface area contributed by atoms with Crippen molar-refractivity contribution >= 4 is 33.1 Å². The predicted octanol–water partition coefficient (Wildman–Crippen LogP) is -2.26. The summed E-state index contributed by atoms with van der Waals surface area (Å²) in [5.41, 5.74) is 4.23. The summed E-state index contributed by atoms with van der Waals surface area (Å²) in [4.78, 5) is 8.64. The second-order valence-electron chi connectivity index (χ2n) is 2.55. The molecule has 2 N–H and O–H groups in total. The molecule has 1 aromatic rings. The Hall–Kier alpha value is 0.256. The smallest absolute Gasteiger partial charge is 0.744 e. The third kappa shape index (κ3) is 3.63. The van der Waals surface area contributed by atoms with Crippen molar-refractivity contribution in [1.29, 1.82) is 0 Å². The van der Waals surface area contributed by atoms with E-state index in [1.54, 1.807) is 0 Å². The number of nitrogens with two attached hydrogens (primary N) is 1. The first kappa shape index (κ1) is 16.3. The normalized spacial score (nSPS) is 10.6. The fourth-order valence-electron chi connectivity index (χ4n) is 0.908. The Morgan fingerprint density at radius 3 is 2.25 bits per heavy atom. The van der Waals surface area contributed by atoms with Crippen molar-refractivity contribution in [2.24, 2.45) is 0 Å². The fraction of sp³-hybridized carbons (Fsp3) is 0. The number of nitro groups is 1. The number of hydrogen-bond acceptors (Lipinski definition) is 6. The molecule has 0 spiro atoms. The molecule has 10 heteroatoms.